The Hall–Kier alpha value is -0.580. The third-order valence-corrected chi connectivity index (χ3v) is 2.07. The van der Waals surface area contributed by atoms with E-state index >= 15 is 0 Å². The zero-order valence-corrected chi connectivity index (χ0v) is 7.19. The molecule has 0 fully saturated rings. The number of carbonyl (C=O) groups is 1. The summed E-state index contributed by atoms with van der Waals surface area (Å²) in [5.41, 5.74) is 5.29. The number of aliphatic carboxylic acids is 1. The second-order valence-corrected chi connectivity index (χ2v) is 2.81. The third-order valence-electron chi connectivity index (χ3n) is 1.12. The Kier molecular flexibility index (Phi) is 4.10. The summed E-state index contributed by atoms with van der Waals surface area (Å²) in [4.78, 5) is 11.0. The maximum Gasteiger partial charge on any atom is 0.325 e. The molecule has 3 nitrogen and oxygen atoms in total. The molecule has 0 aliphatic heterocycles. The van der Waals surface area contributed by atoms with Crippen LogP contribution in [-0.2, 0) is 4.79 Å². The lowest BCUT2D eigenvalue weighted by Gasteiger charge is -2.00. The average Bonchev–Trinajstić information content (AvgIpc) is 2.36. The average molecular weight is 194 g/mol. The van der Waals surface area contributed by atoms with Gasteiger partial charge in [0.25, 0.3) is 0 Å². The highest BCUT2D eigenvalue weighted by Crippen LogP contribution is 2.16. The molecule has 3 N–H and O–H groups in total. The van der Waals surface area contributed by atoms with E-state index in [4.69, 9.17) is 10.8 Å². The highest BCUT2D eigenvalue weighted by molar-refractivity contribution is 7.10. The lowest BCUT2D eigenvalue weighted by molar-refractivity contribution is -0.138. The van der Waals surface area contributed by atoms with E-state index in [0.717, 1.165) is 0 Å². The summed E-state index contributed by atoms with van der Waals surface area (Å²) in [5.74, 6) is -0.984. The highest BCUT2D eigenvalue weighted by atomic mass is 35.5. The molecule has 5 heteroatoms. The van der Waals surface area contributed by atoms with Crippen LogP contribution in [0.5, 0.6) is 0 Å². The Bertz CT molecular complexity index is 224. The number of thiophene rings is 1. The van der Waals surface area contributed by atoms with Crippen LogP contribution in [0.15, 0.2) is 17.5 Å². The summed E-state index contributed by atoms with van der Waals surface area (Å²) >= 11 is 1.35. The summed E-state index contributed by atoms with van der Waals surface area (Å²) in [6.07, 6.45) is 0. The van der Waals surface area contributed by atoms with Crippen LogP contribution in [0.25, 0.3) is 0 Å². The Balaban J connectivity index is 0.000001000. The molecule has 0 aliphatic carbocycles. The van der Waals surface area contributed by atoms with E-state index in [1.54, 1.807) is 17.5 Å². The minimum Gasteiger partial charge on any atom is -0.480 e. The number of halogens is 1. The first kappa shape index (κ1) is 10.4. The van der Waals surface area contributed by atoms with Crippen molar-refractivity contribution in [1.29, 1.82) is 0 Å². The van der Waals surface area contributed by atoms with Gasteiger partial charge in [-0.05, 0) is 11.4 Å². The fourth-order valence-corrected chi connectivity index (χ4v) is 1.31. The van der Waals surface area contributed by atoms with Gasteiger partial charge in [0.1, 0.15) is 6.04 Å². The molecule has 0 amide bonds. The third kappa shape index (κ3) is 2.49. The van der Waals surface area contributed by atoms with Crippen LogP contribution < -0.4 is 5.73 Å². The van der Waals surface area contributed by atoms with Gasteiger partial charge in [0, 0.05) is 4.88 Å². The summed E-state index contributed by atoms with van der Waals surface area (Å²) in [5, 5.41) is 10.2. The Labute approximate surface area is 74.3 Å². The predicted molar refractivity (Wildman–Crippen MR) is 46.1 cm³/mol. The Morgan fingerprint density at radius 3 is 2.73 bits per heavy atom. The molecule has 1 unspecified atom stereocenters. The topological polar surface area (TPSA) is 63.3 Å². The molecule has 0 saturated carbocycles. The van der Waals surface area contributed by atoms with Crippen molar-refractivity contribution in [1.82, 2.24) is 0 Å². The second kappa shape index (κ2) is 4.33. The molecule has 0 spiro atoms. The largest absolute Gasteiger partial charge is 0.480 e. The number of carboxylic acids is 1. The highest BCUT2D eigenvalue weighted by Gasteiger charge is 2.13. The van der Waals surface area contributed by atoms with Crippen molar-refractivity contribution in [2.45, 2.75) is 6.04 Å². The molecule has 1 rings (SSSR count). The first-order valence-electron chi connectivity index (χ1n) is 2.73. The lowest BCUT2D eigenvalue weighted by Crippen LogP contribution is -2.19. The van der Waals surface area contributed by atoms with Crippen LogP contribution in [0.3, 0.4) is 0 Å². The fourth-order valence-electron chi connectivity index (χ4n) is 0.590. The van der Waals surface area contributed by atoms with Crippen molar-refractivity contribution >= 4 is 29.7 Å². The van der Waals surface area contributed by atoms with Gasteiger partial charge in [-0.3, -0.25) is 4.79 Å². The fraction of sp³-hybridized carbons (Fsp3) is 0.167. The first-order valence-corrected chi connectivity index (χ1v) is 3.61. The van der Waals surface area contributed by atoms with E-state index < -0.39 is 12.0 Å². The molecule has 11 heavy (non-hydrogen) atoms. The smallest absolute Gasteiger partial charge is 0.325 e. The molecule has 1 aromatic heterocycles. The number of hydrogen-bond acceptors (Lipinski definition) is 3. The van der Waals surface area contributed by atoms with Crippen molar-refractivity contribution < 1.29 is 9.90 Å². The maximum absolute atomic E-state index is 10.3. The first-order chi connectivity index (χ1) is 4.72. The van der Waals surface area contributed by atoms with E-state index in [-0.39, 0.29) is 12.4 Å². The molecule has 0 saturated heterocycles. The molecule has 1 aromatic rings. The number of carboxylic acid groups (broad SMARTS) is 1. The minimum absolute atomic E-state index is 0. The normalized spacial score (nSPS) is 11.7. The predicted octanol–water partition coefficient (Wildman–Crippen LogP) is 1.25. The van der Waals surface area contributed by atoms with Crippen molar-refractivity contribution in [3.8, 4) is 0 Å². The van der Waals surface area contributed by atoms with E-state index in [1.165, 1.54) is 11.3 Å². The zero-order chi connectivity index (χ0) is 7.56. The number of hydrogen-bond donors (Lipinski definition) is 2. The van der Waals surface area contributed by atoms with Gasteiger partial charge in [-0.2, -0.15) is 0 Å². The second-order valence-electron chi connectivity index (χ2n) is 1.83. The van der Waals surface area contributed by atoms with Crippen molar-refractivity contribution in [3.63, 3.8) is 0 Å². The monoisotopic (exact) mass is 193 g/mol. The Morgan fingerprint density at radius 2 is 2.36 bits per heavy atom. The van der Waals surface area contributed by atoms with Crippen LogP contribution in [0.4, 0.5) is 0 Å². The SMILES string of the molecule is Cl.NC(C(=O)O)c1cccs1. The summed E-state index contributed by atoms with van der Waals surface area (Å²) in [6.45, 7) is 0. The van der Waals surface area contributed by atoms with Crippen LogP contribution in [0.1, 0.15) is 10.9 Å². The van der Waals surface area contributed by atoms with E-state index in [1.807, 2.05) is 0 Å². The zero-order valence-electron chi connectivity index (χ0n) is 5.56. The molecule has 0 aliphatic rings. The molecule has 1 heterocycles. The van der Waals surface area contributed by atoms with Crippen LogP contribution >= 0.6 is 23.7 Å². The summed E-state index contributed by atoms with van der Waals surface area (Å²) < 4.78 is 0. The lowest BCUT2D eigenvalue weighted by atomic mass is 10.3. The molecule has 0 radical (unpaired) electrons. The number of nitrogens with two attached hydrogens (primary N) is 1. The van der Waals surface area contributed by atoms with Gasteiger partial charge in [-0.1, -0.05) is 6.07 Å². The quantitative estimate of drug-likeness (QED) is 0.743. The Morgan fingerprint density at radius 1 is 1.73 bits per heavy atom. The van der Waals surface area contributed by atoms with Gasteiger partial charge in [0.15, 0.2) is 0 Å². The van der Waals surface area contributed by atoms with Crippen LogP contribution in [-0.4, -0.2) is 11.1 Å². The molecular weight excluding hydrogens is 186 g/mol. The van der Waals surface area contributed by atoms with Crippen LogP contribution in [0, 0.1) is 0 Å². The molecule has 1 atom stereocenters. The van der Waals surface area contributed by atoms with Crippen molar-refractivity contribution in [3.05, 3.63) is 22.4 Å². The molecule has 62 valence electrons. The molecule has 0 aromatic carbocycles. The standard InChI is InChI=1S/C6H7NO2S.ClH/c7-5(6(8)9)4-2-1-3-10-4;/h1-3,5H,7H2,(H,8,9);1H. The number of rotatable bonds is 2. The summed E-state index contributed by atoms with van der Waals surface area (Å²) in [7, 11) is 0. The van der Waals surface area contributed by atoms with E-state index in [0.29, 0.717) is 4.88 Å². The molecule has 0 bridgehead atoms. The van der Waals surface area contributed by atoms with E-state index in [9.17, 15) is 4.79 Å². The van der Waals surface area contributed by atoms with Gasteiger partial charge < -0.3 is 10.8 Å². The summed E-state index contributed by atoms with van der Waals surface area (Å²) in [6, 6.07) is 2.63. The van der Waals surface area contributed by atoms with Gasteiger partial charge in [-0.15, -0.1) is 23.7 Å². The minimum atomic E-state index is -0.984. The maximum atomic E-state index is 10.3. The van der Waals surface area contributed by atoms with E-state index in [2.05, 4.69) is 0 Å². The van der Waals surface area contributed by atoms with Gasteiger partial charge in [0.2, 0.25) is 0 Å². The van der Waals surface area contributed by atoms with Gasteiger partial charge in [0.05, 0.1) is 0 Å². The van der Waals surface area contributed by atoms with Crippen molar-refractivity contribution in [2.75, 3.05) is 0 Å². The van der Waals surface area contributed by atoms with Crippen LogP contribution in [0.2, 0.25) is 0 Å². The van der Waals surface area contributed by atoms with Crippen molar-refractivity contribution in [2.24, 2.45) is 5.73 Å². The molecular formula is C6H8ClNO2S. The van der Waals surface area contributed by atoms with Gasteiger partial charge >= 0.3 is 5.97 Å². The van der Waals surface area contributed by atoms with Gasteiger partial charge in [-0.25, -0.2) is 0 Å².